The van der Waals surface area contributed by atoms with Gasteiger partial charge < -0.3 is 13.6 Å². The van der Waals surface area contributed by atoms with Crippen LogP contribution in [0.2, 0.25) is 39.3 Å². The Morgan fingerprint density at radius 3 is 1.65 bits per heavy atom. The molecule has 0 aliphatic carbocycles. The maximum absolute atomic E-state index is 6.05. The Balaban J connectivity index is 2.97. The molecule has 0 aromatic heterocycles. The molecule has 1 aromatic carbocycles. The second kappa shape index (κ2) is 6.50. The number of benzene rings is 1. The maximum Gasteiger partial charge on any atom is 0.291 e. The van der Waals surface area contributed by atoms with Crippen LogP contribution in [0.1, 0.15) is 6.92 Å². The summed E-state index contributed by atoms with van der Waals surface area (Å²) in [6, 6.07) is 9.69. The van der Waals surface area contributed by atoms with Crippen molar-refractivity contribution in [2.24, 2.45) is 0 Å². The van der Waals surface area contributed by atoms with Crippen molar-refractivity contribution in [1.29, 1.82) is 0 Å². The summed E-state index contributed by atoms with van der Waals surface area (Å²) in [7, 11) is -3.48. The summed E-state index contributed by atoms with van der Waals surface area (Å²) in [5, 5.41) is 0. The summed E-state index contributed by atoms with van der Waals surface area (Å²) in [6.07, 6.45) is 0. The van der Waals surface area contributed by atoms with Gasteiger partial charge in [-0.1, -0.05) is 18.2 Å². The molecule has 0 bridgehead atoms. The van der Waals surface area contributed by atoms with Gasteiger partial charge in [-0.3, -0.25) is 0 Å². The second-order valence-corrected chi connectivity index (χ2v) is 15.5. The number of rotatable bonds is 6. The summed E-state index contributed by atoms with van der Waals surface area (Å²) in [6.45, 7) is 14.7. The van der Waals surface area contributed by atoms with Gasteiger partial charge in [0.2, 0.25) is 16.6 Å². The van der Waals surface area contributed by atoms with Gasteiger partial charge in [-0.2, -0.15) is 0 Å². The first-order valence-corrected chi connectivity index (χ1v) is 13.7. The molecule has 1 rings (SSSR count). The Kier molecular flexibility index (Phi) is 5.47. The molecule has 0 amide bonds. The Hall–Kier alpha value is -1.21. The molecule has 20 heavy (non-hydrogen) atoms. The van der Waals surface area contributed by atoms with E-state index in [-0.39, 0.29) is 0 Å². The van der Waals surface area contributed by atoms with Gasteiger partial charge in [0.1, 0.15) is 5.75 Å². The van der Waals surface area contributed by atoms with Crippen molar-refractivity contribution in [3.8, 4) is 5.75 Å². The van der Waals surface area contributed by atoms with Crippen molar-refractivity contribution in [2.45, 2.75) is 46.2 Å². The van der Waals surface area contributed by atoms with Crippen molar-refractivity contribution in [3.05, 3.63) is 42.0 Å². The predicted molar refractivity (Wildman–Crippen MR) is 88.6 cm³/mol. The lowest BCUT2D eigenvalue weighted by atomic mass is 10.3. The van der Waals surface area contributed by atoms with E-state index in [0.717, 1.165) is 5.75 Å². The predicted octanol–water partition coefficient (Wildman–Crippen LogP) is 4.96. The van der Waals surface area contributed by atoms with Crippen LogP contribution in [0.5, 0.6) is 5.75 Å². The average Bonchev–Trinajstić information content (AvgIpc) is 2.25. The fraction of sp³-hybridized carbons (Fsp3) is 0.467. The van der Waals surface area contributed by atoms with Crippen LogP contribution in [0.25, 0.3) is 0 Å². The highest BCUT2D eigenvalue weighted by molar-refractivity contribution is 6.71. The lowest BCUT2D eigenvalue weighted by Crippen LogP contribution is -2.32. The monoisotopic (exact) mass is 310 g/mol. The summed E-state index contributed by atoms with van der Waals surface area (Å²) in [5.74, 6) is 2.02. The second-order valence-electron chi connectivity index (χ2n) is 6.69. The van der Waals surface area contributed by atoms with Gasteiger partial charge in [0, 0.05) is 6.92 Å². The maximum atomic E-state index is 6.05. The van der Waals surface area contributed by atoms with Crippen molar-refractivity contribution >= 4 is 16.6 Å². The normalized spacial score (nSPS) is 11.8. The highest BCUT2D eigenvalue weighted by Gasteiger charge is 2.26. The summed E-state index contributed by atoms with van der Waals surface area (Å²) in [5.41, 5.74) is 0. The molecule has 0 spiro atoms. The zero-order valence-corrected chi connectivity index (χ0v) is 15.6. The molecule has 0 saturated carbocycles. The van der Waals surface area contributed by atoms with E-state index in [4.69, 9.17) is 13.6 Å². The first-order chi connectivity index (χ1) is 9.07. The van der Waals surface area contributed by atoms with E-state index >= 15 is 0 Å². The van der Waals surface area contributed by atoms with Gasteiger partial charge in [0.15, 0.2) is 5.76 Å². The summed E-state index contributed by atoms with van der Waals surface area (Å²) in [4.78, 5) is 0. The minimum Gasteiger partial charge on any atom is -0.518 e. The fourth-order valence-corrected chi connectivity index (χ4v) is 2.99. The van der Waals surface area contributed by atoms with Crippen molar-refractivity contribution in [3.63, 3.8) is 0 Å². The van der Waals surface area contributed by atoms with Gasteiger partial charge in [-0.15, -0.1) is 0 Å². The fourth-order valence-electron chi connectivity index (χ4n) is 1.43. The third-order valence-electron chi connectivity index (χ3n) is 2.10. The van der Waals surface area contributed by atoms with Crippen LogP contribution in [0.4, 0.5) is 0 Å². The highest BCUT2D eigenvalue weighted by atomic mass is 28.4. The Morgan fingerprint density at radius 1 is 0.800 bits per heavy atom. The van der Waals surface area contributed by atoms with E-state index in [2.05, 4.69) is 39.3 Å². The lowest BCUT2D eigenvalue weighted by Gasteiger charge is -2.28. The van der Waals surface area contributed by atoms with E-state index in [1.54, 1.807) is 0 Å². The van der Waals surface area contributed by atoms with Gasteiger partial charge in [-0.05, 0) is 51.4 Å². The zero-order valence-electron chi connectivity index (χ0n) is 13.6. The lowest BCUT2D eigenvalue weighted by molar-refractivity contribution is 0.186. The molecule has 0 atom stereocenters. The first kappa shape index (κ1) is 16.8. The molecule has 0 radical (unpaired) electrons. The molecule has 3 nitrogen and oxygen atoms in total. The highest BCUT2D eigenvalue weighted by Crippen LogP contribution is 2.22. The van der Waals surface area contributed by atoms with Gasteiger partial charge in [0.25, 0.3) is 5.95 Å². The van der Waals surface area contributed by atoms with Crippen LogP contribution in [-0.2, 0) is 8.85 Å². The Labute approximate surface area is 124 Å². The quantitative estimate of drug-likeness (QED) is 0.549. The van der Waals surface area contributed by atoms with Crippen LogP contribution in [0.15, 0.2) is 42.0 Å². The Bertz CT molecular complexity index is 438. The molecule has 0 N–H and O–H groups in total. The third-order valence-corrected chi connectivity index (χ3v) is 3.69. The van der Waals surface area contributed by atoms with Crippen LogP contribution in [0, 0.1) is 0 Å². The average molecular weight is 311 g/mol. The number of hydrogen-bond acceptors (Lipinski definition) is 3. The molecular weight excluding hydrogens is 284 g/mol. The number of para-hydroxylation sites is 1. The first-order valence-electron chi connectivity index (χ1n) is 6.89. The number of hydrogen-bond donors (Lipinski definition) is 0. The largest absolute Gasteiger partial charge is 0.518 e. The molecule has 1 aromatic rings. The molecule has 0 aliphatic rings. The van der Waals surface area contributed by atoms with E-state index in [1.165, 1.54) is 0 Å². The van der Waals surface area contributed by atoms with E-state index < -0.39 is 16.6 Å². The molecule has 0 unspecified atom stereocenters. The molecule has 0 heterocycles. The van der Waals surface area contributed by atoms with Crippen LogP contribution < -0.4 is 4.74 Å². The van der Waals surface area contributed by atoms with Gasteiger partial charge >= 0.3 is 0 Å². The third kappa shape index (κ3) is 6.81. The SMILES string of the molecule is CC(Oc1ccccc1)=C(O[Si](C)(C)C)O[Si](C)(C)C. The van der Waals surface area contributed by atoms with Crippen LogP contribution >= 0.6 is 0 Å². The summed E-state index contributed by atoms with van der Waals surface area (Å²) >= 11 is 0. The molecular formula is C15H26O3Si2. The van der Waals surface area contributed by atoms with Crippen molar-refractivity contribution in [2.75, 3.05) is 0 Å². The number of ether oxygens (including phenoxy) is 1. The molecule has 0 aliphatic heterocycles. The Morgan fingerprint density at radius 2 is 1.25 bits per heavy atom. The smallest absolute Gasteiger partial charge is 0.291 e. The van der Waals surface area contributed by atoms with Gasteiger partial charge in [0.05, 0.1) is 0 Å². The van der Waals surface area contributed by atoms with E-state index in [1.807, 2.05) is 37.3 Å². The molecule has 0 fully saturated rings. The topological polar surface area (TPSA) is 27.7 Å². The van der Waals surface area contributed by atoms with Gasteiger partial charge in [-0.25, -0.2) is 0 Å². The van der Waals surface area contributed by atoms with Crippen molar-refractivity contribution < 1.29 is 13.6 Å². The molecule has 0 saturated heterocycles. The standard InChI is InChI=1S/C15H26O3Si2/c1-13(16-14-11-9-8-10-12-14)15(17-19(2,3)4)18-20(5,6)7/h8-12H,1-7H3. The minimum atomic E-state index is -1.74. The molecule has 5 heteroatoms. The zero-order chi connectivity index (χ0) is 15.4. The van der Waals surface area contributed by atoms with E-state index in [0.29, 0.717) is 11.7 Å². The summed E-state index contributed by atoms with van der Waals surface area (Å²) < 4.78 is 18.0. The van der Waals surface area contributed by atoms with Crippen LogP contribution in [-0.4, -0.2) is 16.6 Å². The van der Waals surface area contributed by atoms with Crippen LogP contribution in [0.3, 0.4) is 0 Å². The van der Waals surface area contributed by atoms with Crippen molar-refractivity contribution in [1.82, 2.24) is 0 Å². The molecule has 112 valence electrons. The van der Waals surface area contributed by atoms with E-state index in [9.17, 15) is 0 Å². The number of allylic oxidation sites excluding steroid dienone is 1. The minimum absolute atomic E-state index is 0.548.